The van der Waals surface area contributed by atoms with Crippen molar-refractivity contribution in [1.82, 2.24) is 0 Å². The molecule has 0 atom stereocenters. The number of sulfonamides is 2. The Bertz CT molecular complexity index is 1200. The highest BCUT2D eigenvalue weighted by Gasteiger charge is 2.31. The molecule has 160 valence electrons. The Morgan fingerprint density at radius 1 is 0.677 bits per heavy atom. The molecule has 0 aromatic heterocycles. The molecule has 3 aromatic carbocycles. The lowest BCUT2D eigenvalue weighted by Crippen LogP contribution is -2.34. The Morgan fingerprint density at radius 2 is 1.16 bits per heavy atom. The maximum atomic E-state index is 13.1. The monoisotopic (exact) mass is 455 g/mol. The maximum absolute atomic E-state index is 13.1. The summed E-state index contributed by atoms with van der Waals surface area (Å²) in [5.74, 6) is 0.326. The Kier molecular flexibility index (Phi) is 6.94. The van der Waals surface area contributed by atoms with Gasteiger partial charge >= 0.3 is 0 Å². The smallest absolute Gasteiger partial charge is 0.270 e. The summed E-state index contributed by atoms with van der Waals surface area (Å²) in [6, 6.07) is 23.3. The van der Waals surface area contributed by atoms with Crippen LogP contribution in [0.25, 0.3) is 12.2 Å². The van der Waals surface area contributed by atoms with Gasteiger partial charge < -0.3 is 4.74 Å². The van der Waals surface area contributed by atoms with Crippen LogP contribution in [0, 0.1) is 0 Å². The lowest BCUT2D eigenvalue weighted by molar-refractivity contribution is 0.415. The minimum absolute atomic E-state index is 0.0604. The largest absolute Gasteiger partial charge is 0.497 e. The van der Waals surface area contributed by atoms with E-state index in [2.05, 4.69) is 0 Å². The number of anilines is 1. The molecule has 0 radical (unpaired) electrons. The third-order valence-corrected chi connectivity index (χ3v) is 7.74. The van der Waals surface area contributed by atoms with Crippen molar-refractivity contribution < 1.29 is 21.6 Å². The number of nitrogens with zero attached hydrogens (tertiary/aromatic N) is 1. The van der Waals surface area contributed by atoms with E-state index in [0.717, 1.165) is 10.8 Å². The Labute approximate surface area is 182 Å². The molecule has 0 spiro atoms. The summed E-state index contributed by atoms with van der Waals surface area (Å²) in [5.41, 5.74) is 1.18. The summed E-state index contributed by atoms with van der Waals surface area (Å²) < 4.78 is 58.1. The zero-order valence-corrected chi connectivity index (χ0v) is 18.3. The van der Waals surface area contributed by atoms with E-state index >= 15 is 0 Å². The molecule has 3 rings (SSSR count). The lowest BCUT2D eigenvalue weighted by Gasteiger charge is -2.21. The quantitative estimate of drug-likeness (QED) is 0.499. The summed E-state index contributed by atoms with van der Waals surface area (Å²) in [6.45, 7) is 0. The summed E-state index contributed by atoms with van der Waals surface area (Å²) in [7, 11) is -7.39. The molecular formula is C23H21NO5S2. The van der Waals surface area contributed by atoms with Crippen LogP contribution in [0.15, 0.2) is 95.7 Å². The molecule has 0 heterocycles. The van der Waals surface area contributed by atoms with Crippen LogP contribution in [0.5, 0.6) is 5.75 Å². The summed E-state index contributed by atoms with van der Waals surface area (Å²) in [6.07, 6.45) is 2.69. The zero-order valence-electron chi connectivity index (χ0n) is 16.7. The van der Waals surface area contributed by atoms with Crippen LogP contribution in [-0.2, 0) is 20.0 Å². The van der Waals surface area contributed by atoms with E-state index in [9.17, 15) is 16.8 Å². The third-order valence-electron chi connectivity index (χ3n) is 4.19. The summed E-state index contributed by atoms with van der Waals surface area (Å²) in [4.78, 5) is 0. The molecule has 0 unspecified atom stereocenters. The molecule has 0 saturated carbocycles. The second-order valence-corrected chi connectivity index (χ2v) is 9.98. The minimum Gasteiger partial charge on any atom is -0.497 e. The van der Waals surface area contributed by atoms with E-state index in [4.69, 9.17) is 4.74 Å². The summed E-state index contributed by atoms with van der Waals surface area (Å²) in [5, 5.41) is 1.74. The molecule has 0 saturated heterocycles. The van der Waals surface area contributed by atoms with Gasteiger partial charge in [0, 0.05) is 6.07 Å². The zero-order chi connectivity index (χ0) is 22.3. The topological polar surface area (TPSA) is 80.8 Å². The molecule has 3 aromatic rings. The van der Waals surface area contributed by atoms with Gasteiger partial charge in [-0.25, -0.2) is 16.8 Å². The number of rotatable bonds is 8. The van der Waals surface area contributed by atoms with E-state index in [0.29, 0.717) is 20.6 Å². The van der Waals surface area contributed by atoms with E-state index in [1.165, 1.54) is 37.5 Å². The second kappa shape index (κ2) is 9.63. The van der Waals surface area contributed by atoms with E-state index in [1.54, 1.807) is 66.7 Å². The van der Waals surface area contributed by atoms with Crippen LogP contribution in [0.2, 0.25) is 0 Å². The van der Waals surface area contributed by atoms with Crippen molar-refractivity contribution in [3.63, 3.8) is 0 Å². The molecular weight excluding hydrogens is 434 g/mol. The van der Waals surface area contributed by atoms with Crippen LogP contribution in [0.3, 0.4) is 0 Å². The minimum atomic E-state index is -4.40. The molecule has 0 aliphatic rings. The van der Waals surface area contributed by atoms with Crippen molar-refractivity contribution in [2.24, 2.45) is 0 Å². The molecule has 0 aliphatic carbocycles. The van der Waals surface area contributed by atoms with Crippen LogP contribution in [0.4, 0.5) is 5.69 Å². The van der Waals surface area contributed by atoms with Crippen LogP contribution in [0.1, 0.15) is 11.1 Å². The van der Waals surface area contributed by atoms with Crippen LogP contribution < -0.4 is 8.45 Å². The van der Waals surface area contributed by atoms with Gasteiger partial charge in [0.25, 0.3) is 20.0 Å². The molecule has 0 amide bonds. The van der Waals surface area contributed by atoms with Gasteiger partial charge in [0.15, 0.2) is 0 Å². The molecule has 6 nitrogen and oxygen atoms in total. The first-order valence-corrected chi connectivity index (χ1v) is 12.2. The van der Waals surface area contributed by atoms with Gasteiger partial charge in [-0.3, -0.25) is 0 Å². The van der Waals surface area contributed by atoms with Crippen LogP contribution in [-0.4, -0.2) is 23.9 Å². The van der Waals surface area contributed by atoms with Crippen molar-refractivity contribution in [3.8, 4) is 5.75 Å². The number of hydrogen-bond acceptors (Lipinski definition) is 5. The molecule has 0 fully saturated rings. The Hall–Kier alpha value is -3.36. The third kappa shape index (κ3) is 5.84. The average Bonchev–Trinajstić information content (AvgIpc) is 2.78. The van der Waals surface area contributed by atoms with Gasteiger partial charge in [0.1, 0.15) is 5.75 Å². The van der Waals surface area contributed by atoms with Gasteiger partial charge in [-0.1, -0.05) is 66.7 Å². The van der Waals surface area contributed by atoms with E-state index in [1.807, 2.05) is 0 Å². The first-order valence-electron chi connectivity index (χ1n) is 9.23. The lowest BCUT2D eigenvalue weighted by atomic mass is 10.2. The fraction of sp³-hybridized carbons (Fsp3) is 0.0435. The highest BCUT2D eigenvalue weighted by atomic mass is 32.3. The Morgan fingerprint density at radius 3 is 1.61 bits per heavy atom. The van der Waals surface area contributed by atoms with Crippen LogP contribution >= 0.6 is 0 Å². The van der Waals surface area contributed by atoms with Crippen molar-refractivity contribution in [1.29, 1.82) is 0 Å². The number of ether oxygens (including phenoxy) is 1. The number of benzene rings is 3. The first kappa shape index (κ1) is 22.3. The van der Waals surface area contributed by atoms with Crippen molar-refractivity contribution in [3.05, 3.63) is 107 Å². The number of hydrogen-bond donors (Lipinski definition) is 0. The highest BCUT2D eigenvalue weighted by Crippen LogP contribution is 2.28. The van der Waals surface area contributed by atoms with Gasteiger partial charge in [0.05, 0.1) is 23.6 Å². The first-order chi connectivity index (χ1) is 14.8. The molecule has 0 bridgehead atoms. The van der Waals surface area contributed by atoms with Gasteiger partial charge in [0.2, 0.25) is 0 Å². The predicted octanol–water partition coefficient (Wildman–Crippen LogP) is 4.50. The normalized spacial score (nSPS) is 12.3. The van der Waals surface area contributed by atoms with Gasteiger partial charge in [-0.2, -0.15) is 3.71 Å². The fourth-order valence-corrected chi connectivity index (χ4v) is 5.88. The standard InChI is InChI=1S/C23H21NO5S2/c1-29-23-14-8-13-22(19-23)24(30(25,26)17-15-20-9-4-2-5-10-20)31(27,28)18-16-21-11-6-3-7-12-21/h2-19H,1H3/b17-15+,18-16+. The number of methoxy groups -OCH3 is 1. The van der Waals surface area contributed by atoms with E-state index in [-0.39, 0.29) is 5.69 Å². The Balaban J connectivity index is 2.08. The van der Waals surface area contributed by atoms with Crippen molar-refractivity contribution in [2.75, 3.05) is 10.8 Å². The van der Waals surface area contributed by atoms with Gasteiger partial charge in [-0.15, -0.1) is 0 Å². The molecule has 8 heteroatoms. The van der Waals surface area contributed by atoms with Gasteiger partial charge in [-0.05, 0) is 35.4 Å². The van der Waals surface area contributed by atoms with Crippen molar-refractivity contribution in [2.45, 2.75) is 0 Å². The predicted molar refractivity (Wildman–Crippen MR) is 124 cm³/mol. The SMILES string of the molecule is COc1cccc(N(S(=O)(=O)/C=C/c2ccccc2)S(=O)(=O)/C=C/c2ccccc2)c1. The second-order valence-electron chi connectivity index (χ2n) is 6.42. The fourth-order valence-electron chi connectivity index (χ4n) is 2.73. The average molecular weight is 456 g/mol. The van der Waals surface area contributed by atoms with E-state index < -0.39 is 20.0 Å². The molecule has 31 heavy (non-hydrogen) atoms. The molecule has 0 aliphatic heterocycles. The highest BCUT2D eigenvalue weighted by molar-refractivity contribution is 8.12. The summed E-state index contributed by atoms with van der Waals surface area (Å²) >= 11 is 0. The van der Waals surface area contributed by atoms with Crippen molar-refractivity contribution >= 4 is 37.9 Å². The maximum Gasteiger partial charge on any atom is 0.270 e. The molecule has 0 N–H and O–H groups in total.